The minimum atomic E-state index is 0.278. The van der Waals surface area contributed by atoms with Crippen LogP contribution >= 0.6 is 0 Å². The molecule has 1 atom stereocenters. The van der Waals surface area contributed by atoms with Gasteiger partial charge in [-0.05, 0) is 25.5 Å². The van der Waals surface area contributed by atoms with Gasteiger partial charge in [0.2, 0.25) is 0 Å². The summed E-state index contributed by atoms with van der Waals surface area (Å²) in [5.74, 6) is 1.52. The van der Waals surface area contributed by atoms with Crippen molar-refractivity contribution < 1.29 is 0 Å². The van der Waals surface area contributed by atoms with E-state index in [9.17, 15) is 0 Å². The Labute approximate surface area is 92.3 Å². The van der Waals surface area contributed by atoms with Gasteiger partial charge in [-0.2, -0.15) is 0 Å². The van der Waals surface area contributed by atoms with Gasteiger partial charge in [-0.1, -0.05) is 26.7 Å². The third-order valence-electron chi connectivity index (χ3n) is 2.91. The van der Waals surface area contributed by atoms with Crippen LogP contribution in [0.5, 0.6) is 0 Å². The second kappa shape index (κ2) is 5.81. The fourth-order valence-corrected chi connectivity index (χ4v) is 1.90. The van der Waals surface area contributed by atoms with Crippen LogP contribution in [0.25, 0.3) is 0 Å². The first-order valence-electron chi connectivity index (χ1n) is 5.68. The fraction of sp³-hybridized carbons (Fsp3) is 0.667. The van der Waals surface area contributed by atoms with Gasteiger partial charge in [0.15, 0.2) is 0 Å². The summed E-state index contributed by atoms with van der Waals surface area (Å²) in [4.78, 5) is 8.79. The Bertz CT molecular complexity index is 277. The van der Waals surface area contributed by atoms with Crippen LogP contribution in [0.4, 0.5) is 0 Å². The third-order valence-corrected chi connectivity index (χ3v) is 2.91. The molecule has 0 aromatic carbocycles. The zero-order valence-electron chi connectivity index (χ0n) is 10.1. The van der Waals surface area contributed by atoms with Crippen molar-refractivity contribution in [2.45, 2.75) is 39.7 Å². The molecule has 0 saturated carbocycles. The molecule has 0 aliphatic carbocycles. The minimum Gasteiger partial charge on any atom is -0.310 e. The van der Waals surface area contributed by atoms with Gasteiger partial charge in [0, 0.05) is 12.4 Å². The van der Waals surface area contributed by atoms with Gasteiger partial charge in [0.1, 0.15) is 5.82 Å². The van der Waals surface area contributed by atoms with Gasteiger partial charge in [-0.15, -0.1) is 0 Å². The number of aromatic nitrogens is 2. The quantitative estimate of drug-likeness (QED) is 0.806. The van der Waals surface area contributed by atoms with Crippen LogP contribution in [0.15, 0.2) is 12.4 Å². The maximum absolute atomic E-state index is 4.39. The van der Waals surface area contributed by atoms with Crippen LogP contribution < -0.4 is 5.32 Å². The first kappa shape index (κ1) is 12.1. The molecule has 0 saturated heterocycles. The van der Waals surface area contributed by atoms with Crippen molar-refractivity contribution in [3.05, 3.63) is 23.8 Å². The smallest absolute Gasteiger partial charge is 0.145 e. The van der Waals surface area contributed by atoms with Gasteiger partial charge in [-0.3, -0.25) is 0 Å². The highest BCUT2D eigenvalue weighted by Crippen LogP contribution is 2.24. The largest absolute Gasteiger partial charge is 0.310 e. The highest BCUT2D eigenvalue weighted by molar-refractivity contribution is 5.05. The molecule has 3 nitrogen and oxygen atoms in total. The predicted molar refractivity (Wildman–Crippen MR) is 62.6 cm³/mol. The normalized spacial score (nSPS) is 13.1. The summed E-state index contributed by atoms with van der Waals surface area (Å²) in [6.07, 6.45) is 6.07. The monoisotopic (exact) mass is 207 g/mol. The summed E-state index contributed by atoms with van der Waals surface area (Å²) in [5, 5.41) is 3.31. The maximum atomic E-state index is 4.39. The molecule has 0 amide bonds. The van der Waals surface area contributed by atoms with E-state index in [1.165, 1.54) is 0 Å². The minimum absolute atomic E-state index is 0.278. The average Bonchev–Trinajstić information content (AvgIpc) is 2.27. The summed E-state index contributed by atoms with van der Waals surface area (Å²) in [5.41, 5.74) is 1.11. The molecule has 0 aliphatic rings. The van der Waals surface area contributed by atoms with E-state index < -0.39 is 0 Å². The van der Waals surface area contributed by atoms with E-state index in [4.69, 9.17) is 0 Å². The Kier molecular flexibility index (Phi) is 4.69. The van der Waals surface area contributed by atoms with Gasteiger partial charge in [-0.25, -0.2) is 9.97 Å². The molecule has 0 radical (unpaired) electrons. The molecule has 0 fully saturated rings. The number of hydrogen-bond donors (Lipinski definition) is 1. The lowest BCUT2D eigenvalue weighted by Gasteiger charge is -2.23. The van der Waals surface area contributed by atoms with Gasteiger partial charge in [0.05, 0.1) is 6.04 Å². The highest BCUT2D eigenvalue weighted by Gasteiger charge is 2.20. The van der Waals surface area contributed by atoms with Crippen LogP contribution in [0.1, 0.15) is 44.1 Å². The zero-order chi connectivity index (χ0) is 11.3. The SMILES string of the molecule is CCC(CC)C(NC)c1ncc(C)cn1. The van der Waals surface area contributed by atoms with Crippen LogP contribution in [-0.4, -0.2) is 17.0 Å². The Morgan fingerprint density at radius 3 is 2.13 bits per heavy atom. The number of hydrogen-bond acceptors (Lipinski definition) is 3. The lowest BCUT2D eigenvalue weighted by Crippen LogP contribution is -2.26. The average molecular weight is 207 g/mol. The lowest BCUT2D eigenvalue weighted by atomic mass is 9.93. The van der Waals surface area contributed by atoms with Crippen LogP contribution in [0, 0.1) is 12.8 Å². The van der Waals surface area contributed by atoms with Crippen molar-refractivity contribution in [2.75, 3.05) is 7.05 Å². The maximum Gasteiger partial charge on any atom is 0.145 e. The van der Waals surface area contributed by atoms with Crippen molar-refractivity contribution in [3.63, 3.8) is 0 Å². The molecule has 0 aliphatic heterocycles. The predicted octanol–water partition coefficient (Wildman–Crippen LogP) is 2.48. The van der Waals surface area contributed by atoms with Crippen LogP contribution in [0.3, 0.4) is 0 Å². The van der Waals surface area contributed by atoms with E-state index in [0.717, 1.165) is 24.2 Å². The molecule has 0 bridgehead atoms. The van der Waals surface area contributed by atoms with Crippen molar-refractivity contribution in [2.24, 2.45) is 5.92 Å². The summed E-state index contributed by atoms with van der Waals surface area (Å²) >= 11 is 0. The summed E-state index contributed by atoms with van der Waals surface area (Å²) in [7, 11) is 1.98. The number of rotatable bonds is 5. The molecule has 0 spiro atoms. The van der Waals surface area contributed by atoms with Gasteiger partial charge >= 0.3 is 0 Å². The van der Waals surface area contributed by atoms with E-state index >= 15 is 0 Å². The van der Waals surface area contributed by atoms with Crippen LogP contribution in [-0.2, 0) is 0 Å². The highest BCUT2D eigenvalue weighted by atomic mass is 15.0. The molecular formula is C12H21N3. The Morgan fingerprint density at radius 1 is 1.20 bits per heavy atom. The first-order valence-corrected chi connectivity index (χ1v) is 5.68. The van der Waals surface area contributed by atoms with E-state index in [1.54, 1.807) is 0 Å². The van der Waals surface area contributed by atoms with E-state index in [2.05, 4.69) is 29.1 Å². The molecule has 15 heavy (non-hydrogen) atoms. The van der Waals surface area contributed by atoms with Crippen molar-refractivity contribution in [1.29, 1.82) is 0 Å². The zero-order valence-corrected chi connectivity index (χ0v) is 10.1. The van der Waals surface area contributed by atoms with Gasteiger partial charge < -0.3 is 5.32 Å². The number of aryl methyl sites for hydroxylation is 1. The van der Waals surface area contributed by atoms with E-state index in [0.29, 0.717) is 5.92 Å². The summed E-state index contributed by atoms with van der Waals surface area (Å²) < 4.78 is 0. The van der Waals surface area contributed by atoms with Crippen molar-refractivity contribution >= 4 is 0 Å². The van der Waals surface area contributed by atoms with Crippen molar-refractivity contribution in [3.8, 4) is 0 Å². The summed E-state index contributed by atoms with van der Waals surface area (Å²) in [6, 6.07) is 0.278. The molecule has 1 aromatic rings. The Balaban J connectivity index is 2.86. The lowest BCUT2D eigenvalue weighted by molar-refractivity contribution is 0.346. The Morgan fingerprint density at radius 2 is 1.73 bits per heavy atom. The molecule has 1 aromatic heterocycles. The molecule has 3 heteroatoms. The molecule has 1 rings (SSSR count). The molecular weight excluding hydrogens is 186 g/mol. The van der Waals surface area contributed by atoms with Gasteiger partial charge in [0.25, 0.3) is 0 Å². The van der Waals surface area contributed by atoms with Crippen molar-refractivity contribution in [1.82, 2.24) is 15.3 Å². The molecule has 1 N–H and O–H groups in total. The van der Waals surface area contributed by atoms with E-state index in [-0.39, 0.29) is 6.04 Å². The third kappa shape index (κ3) is 2.99. The number of nitrogens with zero attached hydrogens (tertiary/aromatic N) is 2. The second-order valence-electron chi connectivity index (χ2n) is 3.96. The fourth-order valence-electron chi connectivity index (χ4n) is 1.90. The second-order valence-corrected chi connectivity index (χ2v) is 3.96. The topological polar surface area (TPSA) is 37.8 Å². The number of nitrogens with one attached hydrogen (secondary N) is 1. The Hall–Kier alpha value is -0.960. The molecule has 1 heterocycles. The molecule has 84 valence electrons. The summed E-state index contributed by atoms with van der Waals surface area (Å²) in [6.45, 7) is 6.44. The standard InChI is InChI=1S/C12H21N3/c1-5-10(6-2)11(13-4)12-14-7-9(3)8-15-12/h7-8,10-11,13H,5-6H2,1-4H3. The molecule has 1 unspecified atom stereocenters. The van der Waals surface area contributed by atoms with E-state index in [1.807, 2.05) is 26.4 Å². The first-order chi connectivity index (χ1) is 7.22. The van der Waals surface area contributed by atoms with Crippen LogP contribution in [0.2, 0.25) is 0 Å².